The van der Waals surface area contributed by atoms with Crippen LogP contribution in [-0.4, -0.2) is 50.3 Å². The number of nitrogens with zero attached hydrogens (tertiary/aromatic N) is 1. The number of hydrazone groups is 1. The Morgan fingerprint density at radius 1 is 0.884 bits per heavy atom. The molecule has 11 nitrogen and oxygen atoms in total. The monoisotopic (exact) mass is 607 g/mol. The van der Waals surface area contributed by atoms with Gasteiger partial charge in [0.1, 0.15) is 16.3 Å². The number of methoxy groups -OCH3 is 2. The Kier molecular flexibility index (Phi) is 10.5. The van der Waals surface area contributed by atoms with Gasteiger partial charge in [-0.05, 0) is 75.4 Å². The Hall–Kier alpha value is -4.71. The topological polar surface area (TPSA) is 142 Å². The Labute approximate surface area is 253 Å². The van der Waals surface area contributed by atoms with Gasteiger partial charge in [0.05, 0.1) is 32.1 Å². The number of fused-ring (bicyclic) bond motifs is 1. The van der Waals surface area contributed by atoms with E-state index >= 15 is 0 Å². The number of benzene rings is 2. The number of thiophene rings is 1. The molecule has 0 saturated heterocycles. The zero-order chi connectivity index (χ0) is 30.9. The molecule has 0 spiro atoms. The van der Waals surface area contributed by atoms with Gasteiger partial charge in [0.2, 0.25) is 0 Å². The first-order valence-electron chi connectivity index (χ1n) is 13.8. The minimum Gasteiger partial charge on any atom is -0.496 e. The summed E-state index contributed by atoms with van der Waals surface area (Å²) in [4.78, 5) is 51.9. The number of amides is 2. The van der Waals surface area contributed by atoms with E-state index in [0.29, 0.717) is 34.0 Å². The minimum absolute atomic E-state index is 0.171. The normalized spacial score (nSPS) is 12.8. The van der Waals surface area contributed by atoms with Crippen LogP contribution in [0.1, 0.15) is 69.8 Å². The van der Waals surface area contributed by atoms with Crippen molar-refractivity contribution >= 4 is 45.8 Å². The number of esters is 2. The van der Waals surface area contributed by atoms with Gasteiger partial charge in [-0.3, -0.25) is 9.59 Å². The summed E-state index contributed by atoms with van der Waals surface area (Å²) in [5.41, 5.74) is 4.61. The Balaban J connectivity index is 1.45. The molecule has 1 aromatic heterocycles. The molecule has 2 amide bonds. The first kappa shape index (κ1) is 31.2. The number of rotatable bonds is 9. The molecule has 0 bridgehead atoms. The fourth-order valence-electron chi connectivity index (χ4n) is 4.60. The second-order valence-electron chi connectivity index (χ2n) is 9.54. The van der Waals surface area contributed by atoms with Gasteiger partial charge in [0.25, 0.3) is 0 Å². The second kappa shape index (κ2) is 14.5. The van der Waals surface area contributed by atoms with Crippen LogP contribution < -0.4 is 25.0 Å². The summed E-state index contributed by atoms with van der Waals surface area (Å²) in [6.07, 6.45) is 4.52. The van der Waals surface area contributed by atoms with E-state index in [2.05, 4.69) is 15.8 Å². The third-order valence-corrected chi connectivity index (χ3v) is 7.98. The maximum absolute atomic E-state index is 12.8. The lowest BCUT2D eigenvalue weighted by atomic mass is 10.1. The molecule has 4 rings (SSSR count). The highest BCUT2D eigenvalue weighted by atomic mass is 32.1. The summed E-state index contributed by atoms with van der Waals surface area (Å²) in [6, 6.07) is 11.4. The third kappa shape index (κ3) is 7.39. The van der Waals surface area contributed by atoms with Crippen LogP contribution in [0.15, 0.2) is 47.6 Å². The van der Waals surface area contributed by atoms with E-state index < -0.39 is 23.8 Å². The Morgan fingerprint density at radius 2 is 1.63 bits per heavy atom. The van der Waals surface area contributed by atoms with Crippen molar-refractivity contribution < 1.29 is 38.1 Å². The molecule has 1 aliphatic carbocycles. The summed E-state index contributed by atoms with van der Waals surface area (Å²) in [6.45, 7) is 3.54. The molecule has 0 unspecified atom stereocenters. The predicted octanol–water partition coefficient (Wildman–Crippen LogP) is 4.91. The maximum atomic E-state index is 12.8. The van der Waals surface area contributed by atoms with Crippen molar-refractivity contribution in [3.63, 3.8) is 0 Å². The molecule has 0 fully saturated rings. The fourth-order valence-corrected chi connectivity index (χ4v) is 5.88. The standard InChI is InChI=1S/C31H33N3O8S/c1-5-41-31(38)26-21-12-7-6-8-14-25(21)43-29(26)32-27(35)28(36)34-33-18(2)19-15-16-23(24(17-19)40-4)42-30(37)20-11-9-10-13-22(20)39-3/h9-11,13,15-17H,5-8,12,14H2,1-4H3,(H,32,35)(H,34,36)/b33-18+. The van der Waals surface area contributed by atoms with Crippen LogP contribution in [0.5, 0.6) is 17.2 Å². The molecular formula is C31H33N3O8S. The lowest BCUT2D eigenvalue weighted by molar-refractivity contribution is -0.136. The summed E-state index contributed by atoms with van der Waals surface area (Å²) in [5.74, 6) is -2.31. The van der Waals surface area contributed by atoms with Crippen LogP contribution in [0.4, 0.5) is 5.00 Å². The summed E-state index contributed by atoms with van der Waals surface area (Å²) >= 11 is 1.30. The number of nitrogens with one attached hydrogen (secondary N) is 2. The highest BCUT2D eigenvalue weighted by Crippen LogP contribution is 2.38. The number of hydrogen-bond donors (Lipinski definition) is 2. The smallest absolute Gasteiger partial charge is 0.347 e. The van der Waals surface area contributed by atoms with Crippen molar-refractivity contribution in [1.29, 1.82) is 0 Å². The van der Waals surface area contributed by atoms with Crippen LogP contribution in [-0.2, 0) is 27.2 Å². The van der Waals surface area contributed by atoms with Crippen LogP contribution in [0, 0.1) is 0 Å². The molecule has 226 valence electrons. The van der Waals surface area contributed by atoms with Crippen LogP contribution in [0.25, 0.3) is 0 Å². The van der Waals surface area contributed by atoms with Crippen LogP contribution in [0.3, 0.4) is 0 Å². The number of para-hydroxylation sites is 1. The van der Waals surface area contributed by atoms with E-state index in [0.717, 1.165) is 36.1 Å². The summed E-state index contributed by atoms with van der Waals surface area (Å²) in [5, 5.41) is 6.92. The molecule has 0 radical (unpaired) electrons. The number of carbonyl (C=O) groups is 4. The molecule has 3 aromatic rings. The second-order valence-corrected chi connectivity index (χ2v) is 10.6. The van der Waals surface area contributed by atoms with Crippen LogP contribution >= 0.6 is 11.3 Å². The number of aryl methyl sites for hydroxylation is 1. The van der Waals surface area contributed by atoms with Gasteiger partial charge >= 0.3 is 23.8 Å². The quantitative estimate of drug-likeness (QED) is 0.0873. The molecular weight excluding hydrogens is 574 g/mol. The van der Waals surface area contributed by atoms with E-state index in [9.17, 15) is 19.2 Å². The molecule has 1 heterocycles. The Bertz CT molecular complexity index is 1560. The fraction of sp³-hybridized carbons (Fsp3) is 0.323. The van der Waals surface area contributed by atoms with Crippen molar-refractivity contribution in [2.75, 3.05) is 26.1 Å². The third-order valence-electron chi connectivity index (χ3n) is 6.77. The average Bonchev–Trinajstić information content (AvgIpc) is 3.19. The SMILES string of the molecule is CCOC(=O)c1c(NC(=O)C(=O)N/N=C(\C)c2ccc(OC(=O)c3ccccc3OC)c(OC)c2)sc2c1CCCCC2. The first-order chi connectivity index (χ1) is 20.8. The van der Waals surface area contributed by atoms with Crippen LogP contribution in [0.2, 0.25) is 0 Å². The molecule has 0 aliphatic heterocycles. The number of anilines is 1. The zero-order valence-electron chi connectivity index (χ0n) is 24.4. The first-order valence-corrected chi connectivity index (χ1v) is 14.6. The van der Waals surface area contributed by atoms with Gasteiger partial charge in [0, 0.05) is 10.4 Å². The van der Waals surface area contributed by atoms with Gasteiger partial charge in [-0.25, -0.2) is 15.0 Å². The summed E-state index contributed by atoms with van der Waals surface area (Å²) in [7, 11) is 2.88. The van der Waals surface area contributed by atoms with E-state index in [-0.39, 0.29) is 23.7 Å². The van der Waals surface area contributed by atoms with Crippen molar-refractivity contribution in [2.24, 2.45) is 5.10 Å². The van der Waals surface area contributed by atoms with E-state index in [1.165, 1.54) is 31.6 Å². The lowest BCUT2D eigenvalue weighted by Gasteiger charge is -2.12. The molecule has 0 atom stereocenters. The molecule has 2 aromatic carbocycles. The number of ether oxygens (including phenoxy) is 4. The Morgan fingerprint density at radius 3 is 2.37 bits per heavy atom. The van der Waals surface area contributed by atoms with Crippen molar-refractivity contribution in [2.45, 2.75) is 46.0 Å². The largest absolute Gasteiger partial charge is 0.496 e. The highest BCUT2D eigenvalue weighted by Gasteiger charge is 2.28. The van der Waals surface area contributed by atoms with E-state index in [1.54, 1.807) is 50.2 Å². The van der Waals surface area contributed by atoms with Crippen molar-refractivity contribution in [1.82, 2.24) is 5.43 Å². The molecule has 12 heteroatoms. The number of carbonyl (C=O) groups excluding carboxylic acids is 4. The van der Waals surface area contributed by atoms with Gasteiger partial charge in [-0.15, -0.1) is 11.3 Å². The van der Waals surface area contributed by atoms with Gasteiger partial charge in [-0.1, -0.05) is 18.6 Å². The minimum atomic E-state index is -1.01. The maximum Gasteiger partial charge on any atom is 0.347 e. The predicted molar refractivity (Wildman–Crippen MR) is 161 cm³/mol. The zero-order valence-corrected chi connectivity index (χ0v) is 25.2. The molecule has 0 saturated carbocycles. The van der Waals surface area contributed by atoms with Crippen molar-refractivity contribution in [3.05, 3.63) is 69.6 Å². The molecule has 1 aliphatic rings. The van der Waals surface area contributed by atoms with Gasteiger partial charge < -0.3 is 24.3 Å². The molecule has 2 N–H and O–H groups in total. The average molecular weight is 608 g/mol. The van der Waals surface area contributed by atoms with Gasteiger partial charge in [-0.2, -0.15) is 5.10 Å². The molecule has 43 heavy (non-hydrogen) atoms. The highest BCUT2D eigenvalue weighted by molar-refractivity contribution is 7.17. The van der Waals surface area contributed by atoms with Gasteiger partial charge in [0.15, 0.2) is 11.5 Å². The number of hydrogen-bond acceptors (Lipinski definition) is 10. The van der Waals surface area contributed by atoms with E-state index in [4.69, 9.17) is 18.9 Å². The summed E-state index contributed by atoms with van der Waals surface area (Å²) < 4.78 is 21.4. The van der Waals surface area contributed by atoms with Crippen molar-refractivity contribution in [3.8, 4) is 17.2 Å². The van der Waals surface area contributed by atoms with E-state index in [1.807, 2.05) is 0 Å². The lowest BCUT2D eigenvalue weighted by Crippen LogP contribution is -2.33.